The van der Waals surface area contributed by atoms with Gasteiger partial charge in [-0.15, -0.1) is 0 Å². The van der Waals surface area contributed by atoms with Gasteiger partial charge in [-0.25, -0.2) is 0 Å². The highest BCUT2D eigenvalue weighted by Gasteiger charge is 2.43. The van der Waals surface area contributed by atoms with Gasteiger partial charge >= 0.3 is 12.5 Å². The lowest BCUT2D eigenvalue weighted by Gasteiger charge is -2.17. The van der Waals surface area contributed by atoms with Crippen molar-refractivity contribution in [3.8, 4) is 5.75 Å². The van der Waals surface area contributed by atoms with Crippen LogP contribution >= 0.6 is 0 Å². The van der Waals surface area contributed by atoms with E-state index in [1.807, 2.05) is 0 Å². The highest BCUT2D eigenvalue weighted by Crippen LogP contribution is 2.27. The fraction of sp³-hybridized carbons (Fsp3) is 0.235. The van der Waals surface area contributed by atoms with Crippen LogP contribution < -0.4 is 15.4 Å². The summed E-state index contributed by atoms with van der Waals surface area (Å²) in [4.78, 5) is 12.2. The number of benzene rings is 2. The SMILES string of the molecule is CNc1ccccc1C(=O)NCc1ccc(OC(F)(F)C(F)F)cc1. The molecule has 25 heavy (non-hydrogen) atoms. The maximum absolute atomic E-state index is 12.8. The van der Waals surface area contributed by atoms with Crippen LogP contribution in [0.2, 0.25) is 0 Å². The molecule has 0 heterocycles. The molecule has 2 N–H and O–H groups in total. The number of hydrogen-bond acceptors (Lipinski definition) is 3. The summed E-state index contributed by atoms with van der Waals surface area (Å²) in [5, 5.41) is 5.59. The van der Waals surface area contributed by atoms with Crippen molar-refractivity contribution in [2.75, 3.05) is 12.4 Å². The number of rotatable bonds is 7. The molecule has 0 radical (unpaired) electrons. The Bertz CT molecular complexity index is 721. The number of carbonyl (C=O) groups excluding carboxylic acids is 1. The number of nitrogens with one attached hydrogen (secondary N) is 2. The predicted octanol–water partition coefficient (Wildman–Crippen LogP) is 3.90. The summed E-state index contributed by atoms with van der Waals surface area (Å²) in [7, 11) is 1.69. The van der Waals surface area contributed by atoms with Crippen molar-refractivity contribution < 1.29 is 27.1 Å². The van der Waals surface area contributed by atoms with Crippen molar-refractivity contribution >= 4 is 11.6 Å². The molecule has 0 bridgehead atoms. The molecule has 0 aromatic heterocycles. The topological polar surface area (TPSA) is 50.4 Å². The minimum atomic E-state index is -4.55. The first-order valence-corrected chi connectivity index (χ1v) is 7.32. The third kappa shape index (κ3) is 4.85. The molecule has 2 aromatic rings. The Morgan fingerprint density at radius 3 is 2.36 bits per heavy atom. The van der Waals surface area contributed by atoms with Gasteiger partial charge in [0.2, 0.25) is 0 Å². The Balaban J connectivity index is 1.97. The number of anilines is 1. The molecular weight excluding hydrogens is 340 g/mol. The zero-order chi connectivity index (χ0) is 18.4. The first-order valence-electron chi connectivity index (χ1n) is 7.32. The average Bonchev–Trinajstić information content (AvgIpc) is 2.60. The Hall–Kier alpha value is -2.77. The number of alkyl halides is 4. The molecule has 1 amide bonds. The zero-order valence-electron chi connectivity index (χ0n) is 13.2. The molecule has 2 aromatic carbocycles. The number of amides is 1. The van der Waals surface area contributed by atoms with Crippen molar-refractivity contribution in [3.05, 3.63) is 59.7 Å². The highest BCUT2D eigenvalue weighted by molar-refractivity contribution is 5.99. The van der Waals surface area contributed by atoms with Gasteiger partial charge in [-0.2, -0.15) is 17.6 Å². The molecule has 0 unspecified atom stereocenters. The van der Waals surface area contributed by atoms with E-state index in [2.05, 4.69) is 15.4 Å². The van der Waals surface area contributed by atoms with E-state index in [-0.39, 0.29) is 18.2 Å². The van der Waals surface area contributed by atoms with Gasteiger partial charge in [0.1, 0.15) is 5.75 Å². The number of ether oxygens (including phenoxy) is 1. The fourth-order valence-electron chi connectivity index (χ4n) is 2.05. The normalized spacial score (nSPS) is 11.3. The van der Waals surface area contributed by atoms with Crippen LogP contribution in [0.4, 0.5) is 23.2 Å². The van der Waals surface area contributed by atoms with Crippen LogP contribution in [-0.4, -0.2) is 25.5 Å². The fourth-order valence-corrected chi connectivity index (χ4v) is 2.05. The van der Waals surface area contributed by atoms with Gasteiger partial charge < -0.3 is 15.4 Å². The largest absolute Gasteiger partial charge is 0.461 e. The Morgan fingerprint density at radius 2 is 1.76 bits per heavy atom. The summed E-state index contributed by atoms with van der Waals surface area (Å²) in [5.41, 5.74) is 1.72. The predicted molar refractivity (Wildman–Crippen MR) is 85.2 cm³/mol. The Morgan fingerprint density at radius 1 is 1.12 bits per heavy atom. The monoisotopic (exact) mass is 356 g/mol. The van der Waals surface area contributed by atoms with Crippen molar-refractivity contribution in [1.29, 1.82) is 0 Å². The lowest BCUT2D eigenvalue weighted by Crippen LogP contribution is -2.33. The number of halogens is 4. The van der Waals surface area contributed by atoms with Crippen molar-refractivity contribution in [2.24, 2.45) is 0 Å². The molecule has 0 spiro atoms. The lowest BCUT2D eigenvalue weighted by molar-refractivity contribution is -0.253. The van der Waals surface area contributed by atoms with Gasteiger partial charge in [-0.05, 0) is 29.8 Å². The van der Waals surface area contributed by atoms with E-state index in [9.17, 15) is 22.4 Å². The quantitative estimate of drug-likeness (QED) is 0.740. The van der Waals surface area contributed by atoms with Crippen molar-refractivity contribution in [1.82, 2.24) is 5.32 Å². The molecule has 8 heteroatoms. The first kappa shape index (κ1) is 18.6. The summed E-state index contributed by atoms with van der Waals surface area (Å²) in [6.07, 6.45) is -8.47. The zero-order valence-corrected chi connectivity index (χ0v) is 13.2. The molecule has 2 rings (SSSR count). The van der Waals surface area contributed by atoms with E-state index in [0.29, 0.717) is 16.8 Å². The molecule has 0 atom stereocenters. The van der Waals surface area contributed by atoms with Gasteiger partial charge in [0, 0.05) is 19.3 Å². The minimum Gasteiger partial charge on any atom is -0.428 e. The summed E-state index contributed by atoms with van der Waals surface area (Å²) in [5.74, 6) is -0.699. The van der Waals surface area contributed by atoms with E-state index in [4.69, 9.17) is 0 Å². The van der Waals surface area contributed by atoms with Crippen molar-refractivity contribution in [2.45, 2.75) is 19.1 Å². The molecule has 0 aliphatic heterocycles. The molecular formula is C17H16F4N2O2. The standard InChI is InChI=1S/C17H16F4N2O2/c1-22-14-5-3-2-4-13(14)15(24)23-10-11-6-8-12(9-7-11)25-17(20,21)16(18)19/h2-9,16,22H,10H2,1H3,(H,23,24). The van der Waals surface area contributed by atoms with Gasteiger partial charge in [0.15, 0.2) is 0 Å². The molecule has 0 saturated heterocycles. The minimum absolute atomic E-state index is 0.141. The van der Waals surface area contributed by atoms with Gasteiger partial charge in [0.25, 0.3) is 5.91 Å². The van der Waals surface area contributed by atoms with Crippen LogP contribution in [0.1, 0.15) is 15.9 Å². The van der Waals surface area contributed by atoms with Crippen LogP contribution in [0, 0.1) is 0 Å². The van der Waals surface area contributed by atoms with Crippen LogP contribution in [0.15, 0.2) is 48.5 Å². The van der Waals surface area contributed by atoms with Crippen molar-refractivity contribution in [3.63, 3.8) is 0 Å². The maximum Gasteiger partial charge on any atom is 0.461 e. The highest BCUT2D eigenvalue weighted by atomic mass is 19.3. The molecule has 0 fully saturated rings. The summed E-state index contributed by atoms with van der Waals surface area (Å²) in [6.45, 7) is 0.141. The lowest BCUT2D eigenvalue weighted by atomic mass is 10.1. The molecule has 0 aliphatic carbocycles. The van der Waals surface area contributed by atoms with Crippen LogP contribution in [-0.2, 0) is 6.54 Å². The third-order valence-corrected chi connectivity index (χ3v) is 3.33. The van der Waals surface area contributed by atoms with E-state index in [0.717, 1.165) is 12.1 Å². The van der Waals surface area contributed by atoms with E-state index in [1.165, 1.54) is 12.1 Å². The maximum atomic E-state index is 12.8. The number of carbonyl (C=O) groups is 1. The van der Waals surface area contributed by atoms with Gasteiger partial charge in [0.05, 0.1) is 5.56 Å². The first-order chi connectivity index (χ1) is 11.8. The molecule has 0 aliphatic rings. The number of para-hydroxylation sites is 1. The Kier molecular flexibility index (Phi) is 5.84. The second kappa shape index (κ2) is 7.87. The smallest absolute Gasteiger partial charge is 0.428 e. The molecule has 134 valence electrons. The van der Waals surface area contributed by atoms with Gasteiger partial charge in [-0.3, -0.25) is 4.79 Å². The Labute approximate surface area is 141 Å². The van der Waals surface area contributed by atoms with E-state index < -0.39 is 12.5 Å². The van der Waals surface area contributed by atoms with E-state index in [1.54, 1.807) is 31.3 Å². The van der Waals surface area contributed by atoms with Crippen LogP contribution in [0.3, 0.4) is 0 Å². The summed E-state index contributed by atoms with van der Waals surface area (Å²) in [6, 6.07) is 12.0. The second-order valence-electron chi connectivity index (χ2n) is 5.09. The third-order valence-electron chi connectivity index (χ3n) is 3.33. The van der Waals surface area contributed by atoms with E-state index >= 15 is 0 Å². The van der Waals surface area contributed by atoms with Crippen LogP contribution in [0.5, 0.6) is 5.75 Å². The van der Waals surface area contributed by atoms with Gasteiger partial charge in [-0.1, -0.05) is 24.3 Å². The molecule has 4 nitrogen and oxygen atoms in total. The average molecular weight is 356 g/mol. The summed E-state index contributed by atoms with van der Waals surface area (Å²) >= 11 is 0. The summed E-state index contributed by atoms with van der Waals surface area (Å²) < 4.78 is 53.8. The number of hydrogen-bond donors (Lipinski definition) is 2. The molecule has 0 saturated carbocycles. The second-order valence-corrected chi connectivity index (χ2v) is 5.09. The van der Waals surface area contributed by atoms with Crippen LogP contribution in [0.25, 0.3) is 0 Å².